The molecule has 4 heteroatoms. The van der Waals surface area contributed by atoms with Crippen LogP contribution in [0.25, 0.3) is 0 Å². The summed E-state index contributed by atoms with van der Waals surface area (Å²) in [7, 11) is 1.70. The van der Waals surface area contributed by atoms with Crippen LogP contribution in [0.1, 0.15) is 6.92 Å². The molecule has 0 fully saturated rings. The Bertz CT molecular complexity index is 374. The van der Waals surface area contributed by atoms with Crippen molar-refractivity contribution in [2.45, 2.75) is 6.92 Å². The molecule has 1 atom stereocenters. The molecule has 1 unspecified atom stereocenters. The third-order valence-corrected chi connectivity index (χ3v) is 2.24. The highest BCUT2D eigenvalue weighted by Gasteiger charge is 2.01. The summed E-state index contributed by atoms with van der Waals surface area (Å²) in [4.78, 5) is 0. The molecule has 0 radical (unpaired) electrons. The van der Waals surface area contributed by atoms with E-state index in [9.17, 15) is 0 Å². The predicted octanol–water partition coefficient (Wildman–Crippen LogP) is 2.28. The minimum absolute atomic E-state index is 0.0729. The van der Waals surface area contributed by atoms with Crippen molar-refractivity contribution in [2.75, 3.05) is 32.2 Å². The molecule has 0 heterocycles. The van der Waals surface area contributed by atoms with Gasteiger partial charge >= 0.3 is 0 Å². The molecule has 0 spiro atoms. The summed E-state index contributed by atoms with van der Waals surface area (Å²) in [6.07, 6.45) is 0. The molecular formula is C13H18N2O2. The first-order chi connectivity index (χ1) is 8.26. The Labute approximate surface area is 102 Å². The first-order valence-corrected chi connectivity index (χ1v) is 5.59. The van der Waals surface area contributed by atoms with Crippen LogP contribution in [-0.2, 0) is 4.74 Å². The Morgan fingerprint density at radius 1 is 1.47 bits per heavy atom. The zero-order valence-corrected chi connectivity index (χ0v) is 10.3. The van der Waals surface area contributed by atoms with E-state index in [4.69, 9.17) is 14.7 Å². The van der Waals surface area contributed by atoms with E-state index in [0.29, 0.717) is 11.7 Å². The van der Waals surface area contributed by atoms with Crippen molar-refractivity contribution in [3.8, 4) is 11.8 Å². The van der Waals surface area contributed by atoms with Crippen LogP contribution in [0.15, 0.2) is 24.3 Å². The van der Waals surface area contributed by atoms with Gasteiger partial charge in [-0.3, -0.25) is 0 Å². The standard InChI is InChI=1S/C13H18N2O2/c1-11(10-16-2)9-15-12-4-3-5-13(8-12)17-7-6-14/h3-5,8,11,15H,7,9-10H2,1-2H3. The van der Waals surface area contributed by atoms with E-state index in [0.717, 1.165) is 18.8 Å². The molecule has 0 saturated carbocycles. The van der Waals surface area contributed by atoms with Gasteiger partial charge in [-0.2, -0.15) is 5.26 Å². The van der Waals surface area contributed by atoms with Crippen molar-refractivity contribution in [1.29, 1.82) is 5.26 Å². The van der Waals surface area contributed by atoms with Crippen LogP contribution >= 0.6 is 0 Å². The van der Waals surface area contributed by atoms with E-state index >= 15 is 0 Å². The van der Waals surface area contributed by atoms with E-state index in [1.54, 1.807) is 7.11 Å². The number of hydrogen-bond acceptors (Lipinski definition) is 4. The number of benzene rings is 1. The lowest BCUT2D eigenvalue weighted by Crippen LogP contribution is -2.15. The zero-order chi connectivity index (χ0) is 12.5. The third-order valence-electron chi connectivity index (χ3n) is 2.24. The van der Waals surface area contributed by atoms with Gasteiger partial charge in [-0.05, 0) is 18.1 Å². The number of anilines is 1. The van der Waals surface area contributed by atoms with Crippen LogP contribution in [-0.4, -0.2) is 26.9 Å². The maximum Gasteiger partial charge on any atom is 0.174 e. The van der Waals surface area contributed by atoms with Crippen LogP contribution < -0.4 is 10.1 Å². The van der Waals surface area contributed by atoms with E-state index < -0.39 is 0 Å². The fourth-order valence-electron chi connectivity index (χ4n) is 1.45. The van der Waals surface area contributed by atoms with Crippen LogP contribution in [0.2, 0.25) is 0 Å². The van der Waals surface area contributed by atoms with Gasteiger partial charge in [-0.1, -0.05) is 13.0 Å². The summed E-state index contributed by atoms with van der Waals surface area (Å²) in [5.41, 5.74) is 0.989. The maximum atomic E-state index is 8.43. The molecule has 1 rings (SSSR count). The molecule has 0 bridgehead atoms. The number of nitriles is 1. The van der Waals surface area contributed by atoms with E-state index in [2.05, 4.69) is 12.2 Å². The quantitative estimate of drug-likeness (QED) is 0.786. The molecule has 4 nitrogen and oxygen atoms in total. The third kappa shape index (κ3) is 5.23. The van der Waals surface area contributed by atoms with Crippen molar-refractivity contribution in [3.05, 3.63) is 24.3 Å². The molecule has 1 aromatic carbocycles. The molecule has 0 aliphatic carbocycles. The topological polar surface area (TPSA) is 54.3 Å². The number of hydrogen-bond donors (Lipinski definition) is 1. The van der Waals surface area contributed by atoms with Crippen molar-refractivity contribution in [1.82, 2.24) is 0 Å². The summed E-state index contributed by atoms with van der Waals surface area (Å²) in [6, 6.07) is 9.53. The van der Waals surface area contributed by atoms with Crippen LogP contribution in [0.4, 0.5) is 5.69 Å². The second kappa shape index (κ2) is 7.53. The van der Waals surface area contributed by atoms with Crippen molar-refractivity contribution in [2.24, 2.45) is 5.92 Å². The molecule has 0 amide bonds. The fourth-order valence-corrected chi connectivity index (χ4v) is 1.45. The van der Waals surface area contributed by atoms with Gasteiger partial charge in [0.05, 0.1) is 6.61 Å². The van der Waals surface area contributed by atoms with Gasteiger partial charge < -0.3 is 14.8 Å². The molecule has 17 heavy (non-hydrogen) atoms. The van der Waals surface area contributed by atoms with Crippen LogP contribution in [0, 0.1) is 17.2 Å². The minimum Gasteiger partial charge on any atom is -0.479 e. The number of methoxy groups -OCH3 is 1. The van der Waals surface area contributed by atoms with Crippen LogP contribution in [0.5, 0.6) is 5.75 Å². The minimum atomic E-state index is 0.0729. The number of ether oxygens (including phenoxy) is 2. The fraction of sp³-hybridized carbons (Fsp3) is 0.462. The Kier molecular flexibility index (Phi) is 5.91. The summed E-state index contributed by atoms with van der Waals surface area (Å²) >= 11 is 0. The largest absolute Gasteiger partial charge is 0.479 e. The Morgan fingerprint density at radius 3 is 3.00 bits per heavy atom. The molecule has 0 saturated heterocycles. The lowest BCUT2D eigenvalue weighted by Gasteiger charge is -2.13. The molecule has 0 aliphatic heterocycles. The molecular weight excluding hydrogens is 216 g/mol. The summed E-state index contributed by atoms with van der Waals surface area (Å²) in [6.45, 7) is 3.77. The molecule has 0 aromatic heterocycles. The second-order valence-electron chi connectivity index (χ2n) is 3.92. The smallest absolute Gasteiger partial charge is 0.174 e. The molecule has 1 aromatic rings. The number of nitrogens with one attached hydrogen (secondary N) is 1. The van der Waals surface area contributed by atoms with Gasteiger partial charge in [-0.15, -0.1) is 0 Å². The van der Waals surface area contributed by atoms with Crippen molar-refractivity contribution >= 4 is 5.69 Å². The average Bonchev–Trinajstić information content (AvgIpc) is 2.35. The summed E-state index contributed by atoms with van der Waals surface area (Å²) in [5.74, 6) is 1.15. The lowest BCUT2D eigenvalue weighted by atomic mass is 10.2. The monoisotopic (exact) mass is 234 g/mol. The predicted molar refractivity (Wildman–Crippen MR) is 67.1 cm³/mol. The van der Waals surface area contributed by atoms with E-state index in [1.165, 1.54) is 0 Å². The second-order valence-corrected chi connectivity index (χ2v) is 3.92. The molecule has 0 aliphatic rings. The van der Waals surface area contributed by atoms with Gasteiger partial charge in [0.25, 0.3) is 0 Å². The highest BCUT2D eigenvalue weighted by Crippen LogP contribution is 2.17. The number of rotatable bonds is 7. The maximum absolute atomic E-state index is 8.43. The first-order valence-electron chi connectivity index (χ1n) is 5.59. The van der Waals surface area contributed by atoms with Crippen molar-refractivity contribution < 1.29 is 9.47 Å². The molecule has 1 N–H and O–H groups in total. The number of nitrogens with zero attached hydrogens (tertiary/aromatic N) is 1. The van der Waals surface area contributed by atoms with Gasteiger partial charge in [0.15, 0.2) is 6.61 Å². The Morgan fingerprint density at radius 2 is 2.29 bits per heavy atom. The lowest BCUT2D eigenvalue weighted by molar-refractivity contribution is 0.164. The summed E-state index contributed by atoms with van der Waals surface area (Å²) in [5, 5.41) is 11.7. The Balaban J connectivity index is 2.45. The highest BCUT2D eigenvalue weighted by atomic mass is 16.5. The van der Waals surface area contributed by atoms with Crippen molar-refractivity contribution in [3.63, 3.8) is 0 Å². The normalized spacial score (nSPS) is 11.6. The average molecular weight is 234 g/mol. The van der Waals surface area contributed by atoms with Gasteiger partial charge in [0, 0.05) is 25.4 Å². The molecule has 92 valence electrons. The first kappa shape index (κ1) is 13.3. The highest BCUT2D eigenvalue weighted by molar-refractivity contribution is 5.48. The van der Waals surface area contributed by atoms with Gasteiger partial charge in [-0.25, -0.2) is 0 Å². The van der Waals surface area contributed by atoms with E-state index in [1.807, 2.05) is 30.3 Å². The van der Waals surface area contributed by atoms with Gasteiger partial charge in [0.1, 0.15) is 11.8 Å². The van der Waals surface area contributed by atoms with Crippen LogP contribution in [0.3, 0.4) is 0 Å². The van der Waals surface area contributed by atoms with E-state index in [-0.39, 0.29) is 6.61 Å². The zero-order valence-electron chi connectivity index (χ0n) is 10.3. The SMILES string of the molecule is COCC(C)CNc1cccc(OCC#N)c1. The summed E-state index contributed by atoms with van der Waals surface area (Å²) < 4.78 is 10.3. The van der Waals surface area contributed by atoms with Gasteiger partial charge in [0.2, 0.25) is 0 Å². The Hall–Kier alpha value is -1.73.